The molecule has 0 aromatic heterocycles. The molecule has 1 heterocycles. The van der Waals surface area contributed by atoms with Gasteiger partial charge in [-0.2, -0.15) is 0 Å². The summed E-state index contributed by atoms with van der Waals surface area (Å²) < 4.78 is 6.50. The number of hydrogen-bond acceptors (Lipinski definition) is 4. The molecule has 7 heteroatoms. The first-order valence-corrected chi connectivity index (χ1v) is 11.0. The van der Waals surface area contributed by atoms with Gasteiger partial charge in [-0.1, -0.05) is 83.6 Å². The van der Waals surface area contributed by atoms with Crippen molar-refractivity contribution in [3.8, 4) is 16.9 Å². The number of carbonyl (C=O) groups excluding carboxylic acids is 1. The molecule has 3 aromatic carbocycles. The third kappa shape index (κ3) is 4.87. The van der Waals surface area contributed by atoms with Crippen molar-refractivity contribution in [2.75, 3.05) is 0 Å². The molecule has 0 saturated carbocycles. The van der Waals surface area contributed by atoms with E-state index in [0.29, 0.717) is 31.6 Å². The largest absolute Gasteiger partial charge is 0.488 e. The van der Waals surface area contributed by atoms with Gasteiger partial charge in [-0.05, 0) is 47.5 Å². The average Bonchev–Trinajstić information content (AvgIpc) is 3.06. The predicted molar refractivity (Wildman–Crippen MR) is 129 cm³/mol. The summed E-state index contributed by atoms with van der Waals surface area (Å²) in [5.41, 5.74) is 3.47. The molecule has 3 aromatic rings. The number of halogens is 2. The fraction of sp³-hybridized carbons (Fsp3) is 0.0435. The van der Waals surface area contributed by atoms with Gasteiger partial charge in [0.1, 0.15) is 16.7 Å². The molecular formula is C23H15Cl2NO2S2. The molecule has 1 saturated heterocycles. The highest BCUT2D eigenvalue weighted by molar-refractivity contribution is 8.26. The molecule has 0 bridgehead atoms. The van der Waals surface area contributed by atoms with Gasteiger partial charge < -0.3 is 10.1 Å². The van der Waals surface area contributed by atoms with Crippen LogP contribution in [-0.2, 0) is 11.4 Å². The van der Waals surface area contributed by atoms with Gasteiger partial charge in [0, 0.05) is 21.2 Å². The van der Waals surface area contributed by atoms with Crippen LogP contribution >= 0.6 is 47.2 Å². The maximum atomic E-state index is 12.2. The third-order valence-corrected chi connectivity index (χ3v) is 6.14. The molecule has 4 rings (SSSR count). The number of amides is 1. The van der Waals surface area contributed by atoms with Crippen molar-refractivity contribution in [2.24, 2.45) is 0 Å². The fourth-order valence-electron chi connectivity index (χ4n) is 2.98. The normalized spacial score (nSPS) is 14.8. The first kappa shape index (κ1) is 20.9. The van der Waals surface area contributed by atoms with Crippen LogP contribution in [0.15, 0.2) is 71.6 Å². The molecule has 1 amide bonds. The van der Waals surface area contributed by atoms with Gasteiger partial charge >= 0.3 is 0 Å². The zero-order chi connectivity index (χ0) is 21.1. The zero-order valence-electron chi connectivity index (χ0n) is 15.5. The van der Waals surface area contributed by atoms with Gasteiger partial charge in [-0.15, -0.1) is 0 Å². The summed E-state index contributed by atoms with van der Waals surface area (Å²) in [5.74, 6) is 0.435. The number of thiocarbonyl (C=S) groups is 1. The Bertz CT molecular complexity index is 1160. The highest BCUT2D eigenvalue weighted by Gasteiger charge is 2.23. The Morgan fingerprint density at radius 3 is 2.57 bits per heavy atom. The lowest BCUT2D eigenvalue weighted by Gasteiger charge is -2.13. The van der Waals surface area contributed by atoms with Crippen LogP contribution in [0.1, 0.15) is 11.1 Å². The Labute approximate surface area is 194 Å². The molecule has 0 aliphatic carbocycles. The second kappa shape index (κ2) is 9.23. The van der Waals surface area contributed by atoms with Crippen LogP contribution in [0.4, 0.5) is 0 Å². The van der Waals surface area contributed by atoms with E-state index in [1.165, 1.54) is 11.8 Å². The molecule has 1 fully saturated rings. The molecule has 1 aliphatic rings. The van der Waals surface area contributed by atoms with Gasteiger partial charge in [0.15, 0.2) is 0 Å². The third-order valence-electron chi connectivity index (χ3n) is 4.41. The van der Waals surface area contributed by atoms with E-state index in [1.807, 2.05) is 54.6 Å². The molecule has 0 atom stereocenters. The Hall–Kier alpha value is -2.31. The van der Waals surface area contributed by atoms with E-state index in [4.69, 9.17) is 40.2 Å². The van der Waals surface area contributed by atoms with E-state index >= 15 is 0 Å². The molecular weight excluding hydrogens is 457 g/mol. The molecule has 150 valence electrons. The highest BCUT2D eigenvalue weighted by Crippen LogP contribution is 2.36. The number of hydrogen-bond donors (Lipinski definition) is 1. The first-order chi connectivity index (χ1) is 14.5. The topological polar surface area (TPSA) is 38.3 Å². The summed E-state index contributed by atoms with van der Waals surface area (Å²) in [4.78, 5) is 12.7. The molecule has 0 spiro atoms. The van der Waals surface area contributed by atoms with Crippen LogP contribution < -0.4 is 10.1 Å². The number of thioether (sulfide) groups is 1. The Morgan fingerprint density at radius 1 is 1.03 bits per heavy atom. The maximum absolute atomic E-state index is 12.2. The van der Waals surface area contributed by atoms with Crippen molar-refractivity contribution in [1.29, 1.82) is 0 Å². The number of carbonyl (C=O) groups is 1. The molecule has 1 N–H and O–H groups in total. The summed E-state index contributed by atoms with van der Waals surface area (Å²) in [7, 11) is 0. The lowest BCUT2D eigenvalue weighted by Crippen LogP contribution is -2.17. The number of rotatable bonds is 5. The van der Waals surface area contributed by atoms with Gasteiger partial charge in [-0.25, -0.2) is 0 Å². The smallest absolute Gasteiger partial charge is 0.263 e. The minimum absolute atomic E-state index is 0.217. The lowest BCUT2D eigenvalue weighted by molar-refractivity contribution is -0.115. The summed E-state index contributed by atoms with van der Waals surface area (Å²) in [6.45, 7) is 0.409. The van der Waals surface area contributed by atoms with Gasteiger partial charge in [0.05, 0.1) is 4.91 Å². The second-order valence-electron chi connectivity index (χ2n) is 6.50. The van der Waals surface area contributed by atoms with Crippen LogP contribution in [-0.4, -0.2) is 10.2 Å². The van der Waals surface area contributed by atoms with Gasteiger partial charge in [0.25, 0.3) is 5.91 Å². The van der Waals surface area contributed by atoms with E-state index in [-0.39, 0.29) is 5.91 Å². The minimum Gasteiger partial charge on any atom is -0.488 e. The molecule has 0 unspecified atom stereocenters. The zero-order valence-corrected chi connectivity index (χ0v) is 18.7. The predicted octanol–water partition coefficient (Wildman–Crippen LogP) is 6.73. The van der Waals surface area contributed by atoms with Gasteiger partial charge in [-0.3, -0.25) is 4.79 Å². The minimum atomic E-state index is -0.217. The maximum Gasteiger partial charge on any atom is 0.263 e. The molecule has 30 heavy (non-hydrogen) atoms. The fourth-order valence-corrected chi connectivity index (χ4v) is 4.41. The number of ether oxygens (including phenoxy) is 1. The van der Waals surface area contributed by atoms with Crippen molar-refractivity contribution in [3.63, 3.8) is 0 Å². The Kier molecular flexibility index (Phi) is 6.44. The van der Waals surface area contributed by atoms with Crippen molar-refractivity contribution in [1.82, 2.24) is 5.32 Å². The number of nitrogens with one attached hydrogen (secondary N) is 1. The summed E-state index contributed by atoms with van der Waals surface area (Å²) in [5, 5.41) is 3.82. The van der Waals surface area contributed by atoms with E-state index in [2.05, 4.69) is 5.32 Å². The molecule has 0 radical (unpaired) electrons. The highest BCUT2D eigenvalue weighted by atomic mass is 35.5. The second-order valence-corrected chi connectivity index (χ2v) is 9.07. The lowest BCUT2D eigenvalue weighted by atomic mass is 10.0. The van der Waals surface area contributed by atoms with Crippen molar-refractivity contribution in [3.05, 3.63) is 92.8 Å². The van der Waals surface area contributed by atoms with E-state index in [1.54, 1.807) is 18.2 Å². The van der Waals surface area contributed by atoms with Crippen molar-refractivity contribution >= 4 is 63.5 Å². The average molecular weight is 472 g/mol. The summed E-state index contributed by atoms with van der Waals surface area (Å²) >= 11 is 18.9. The van der Waals surface area contributed by atoms with Crippen LogP contribution in [0.5, 0.6) is 5.75 Å². The number of benzene rings is 3. The first-order valence-electron chi connectivity index (χ1n) is 9.00. The van der Waals surface area contributed by atoms with Crippen LogP contribution in [0, 0.1) is 0 Å². The Morgan fingerprint density at radius 2 is 1.83 bits per heavy atom. The quantitative estimate of drug-likeness (QED) is 0.330. The van der Waals surface area contributed by atoms with Crippen molar-refractivity contribution < 1.29 is 9.53 Å². The van der Waals surface area contributed by atoms with Crippen LogP contribution in [0.2, 0.25) is 10.0 Å². The monoisotopic (exact) mass is 471 g/mol. The van der Waals surface area contributed by atoms with Crippen LogP contribution in [0.25, 0.3) is 17.2 Å². The van der Waals surface area contributed by atoms with Crippen molar-refractivity contribution in [2.45, 2.75) is 6.61 Å². The van der Waals surface area contributed by atoms with Crippen LogP contribution in [0.3, 0.4) is 0 Å². The van der Waals surface area contributed by atoms with E-state index in [9.17, 15) is 4.79 Å². The molecule has 1 aliphatic heterocycles. The van der Waals surface area contributed by atoms with Gasteiger partial charge in [0.2, 0.25) is 0 Å². The SMILES string of the molecule is O=C1NC(=S)SC1=Cc1cc(-c2cc(Cl)ccc2Cl)ccc1OCc1ccccc1. The Balaban J connectivity index is 1.73. The standard InChI is InChI=1S/C23H15Cl2NO2S2/c24-17-7-8-19(25)18(12-17)15-6-9-20(28-13-14-4-2-1-3-5-14)16(10-15)11-21-22(27)26-23(29)30-21/h1-12H,13H2,(H,26,27,29). The van der Waals surface area contributed by atoms with E-state index in [0.717, 1.165) is 22.3 Å². The van der Waals surface area contributed by atoms with E-state index < -0.39 is 0 Å². The summed E-state index contributed by atoms with van der Waals surface area (Å²) in [6.07, 6.45) is 1.78. The molecule has 3 nitrogen and oxygen atoms in total. The summed E-state index contributed by atoms with van der Waals surface area (Å²) in [6, 6.07) is 20.9.